The van der Waals surface area contributed by atoms with Crippen LogP contribution in [0.2, 0.25) is 0 Å². The monoisotopic (exact) mass is 342 g/mol. The van der Waals surface area contributed by atoms with Crippen LogP contribution in [0.25, 0.3) is 22.3 Å². The number of carbonyl (C=O) groups excluding carboxylic acids is 1. The Morgan fingerprint density at radius 1 is 1.29 bits per heavy atom. The van der Waals surface area contributed by atoms with Crippen molar-refractivity contribution >= 4 is 28.4 Å². The first kappa shape index (κ1) is 16.3. The molecular formula is C17H18N4O2S. The van der Waals surface area contributed by atoms with E-state index in [0.717, 1.165) is 34.1 Å². The minimum Gasteiger partial charge on any atom is -0.511 e. The summed E-state index contributed by atoms with van der Waals surface area (Å²) in [5, 5.41) is 19.9. The highest BCUT2D eigenvalue weighted by Crippen LogP contribution is 2.33. The van der Waals surface area contributed by atoms with Crippen molar-refractivity contribution in [3.63, 3.8) is 0 Å². The lowest BCUT2D eigenvalue weighted by atomic mass is 10.1. The molecule has 0 spiro atoms. The smallest absolute Gasteiger partial charge is 0.196 e. The second-order valence-electron chi connectivity index (χ2n) is 5.37. The van der Waals surface area contributed by atoms with Crippen LogP contribution in [0.15, 0.2) is 46.3 Å². The Kier molecular flexibility index (Phi) is 4.44. The van der Waals surface area contributed by atoms with Gasteiger partial charge in [0.2, 0.25) is 0 Å². The normalized spacial score (nSPS) is 12.5. The molecule has 0 saturated heterocycles. The maximum atomic E-state index is 11.7. The number of carbonyl (C=O) groups is 1. The van der Waals surface area contributed by atoms with E-state index in [0.29, 0.717) is 11.7 Å². The molecular weight excluding hydrogens is 324 g/mol. The van der Waals surface area contributed by atoms with Gasteiger partial charge in [-0.05, 0) is 38.6 Å². The standard InChI is InChI=1S/C17H18N4O2S/c1-4-21-16(13-9-18-14-8-6-5-7-12(13)14)19-20-17(21)24-15(10(2)22)11(3)23/h5-9,18,22H,4H2,1-3H3. The maximum absolute atomic E-state index is 11.7. The summed E-state index contributed by atoms with van der Waals surface area (Å²) in [6, 6.07) is 7.99. The maximum Gasteiger partial charge on any atom is 0.196 e. The third-order valence-corrected chi connectivity index (χ3v) is 4.98. The first-order chi connectivity index (χ1) is 11.5. The second kappa shape index (κ2) is 6.52. The SMILES string of the molecule is CCn1c(SC(C(C)=O)=C(C)O)nnc1-c1c[nH]c2ccccc12. The van der Waals surface area contributed by atoms with Crippen molar-refractivity contribution in [3.8, 4) is 11.4 Å². The van der Waals surface area contributed by atoms with Gasteiger partial charge in [-0.1, -0.05) is 18.2 Å². The molecule has 3 rings (SSSR count). The van der Waals surface area contributed by atoms with Crippen molar-refractivity contribution in [2.24, 2.45) is 0 Å². The number of aliphatic hydroxyl groups excluding tert-OH is 1. The minimum absolute atomic E-state index is 0.00760. The van der Waals surface area contributed by atoms with E-state index in [1.807, 2.05) is 42.0 Å². The molecule has 24 heavy (non-hydrogen) atoms. The van der Waals surface area contributed by atoms with Gasteiger partial charge in [-0.25, -0.2) is 0 Å². The van der Waals surface area contributed by atoms with Crippen LogP contribution in [0.1, 0.15) is 20.8 Å². The molecule has 1 aromatic carbocycles. The van der Waals surface area contributed by atoms with E-state index in [2.05, 4.69) is 15.2 Å². The summed E-state index contributed by atoms with van der Waals surface area (Å²) in [6.07, 6.45) is 1.91. The number of aromatic nitrogens is 4. The molecule has 7 heteroatoms. The quantitative estimate of drug-likeness (QED) is 0.417. The Labute approximate surface area is 143 Å². The summed E-state index contributed by atoms with van der Waals surface area (Å²) in [6.45, 7) is 5.57. The lowest BCUT2D eigenvalue weighted by Gasteiger charge is -2.08. The molecule has 0 saturated carbocycles. The number of benzene rings is 1. The fourth-order valence-corrected chi connectivity index (χ4v) is 3.48. The van der Waals surface area contributed by atoms with Gasteiger partial charge < -0.3 is 14.7 Å². The Morgan fingerprint density at radius 3 is 2.71 bits per heavy atom. The molecule has 0 aliphatic heterocycles. The lowest BCUT2D eigenvalue weighted by Crippen LogP contribution is -2.02. The van der Waals surface area contributed by atoms with Gasteiger partial charge in [0.15, 0.2) is 16.8 Å². The molecule has 2 heterocycles. The van der Waals surface area contributed by atoms with Crippen molar-refractivity contribution in [1.29, 1.82) is 0 Å². The number of para-hydroxylation sites is 1. The molecule has 3 aromatic rings. The molecule has 124 valence electrons. The summed E-state index contributed by atoms with van der Waals surface area (Å²) in [5.41, 5.74) is 1.99. The molecule has 6 nitrogen and oxygen atoms in total. The number of rotatable bonds is 5. The van der Waals surface area contributed by atoms with E-state index < -0.39 is 0 Å². The van der Waals surface area contributed by atoms with E-state index >= 15 is 0 Å². The van der Waals surface area contributed by atoms with Crippen LogP contribution in [0.4, 0.5) is 0 Å². The predicted octanol–water partition coefficient (Wildman–Crippen LogP) is 3.92. The summed E-state index contributed by atoms with van der Waals surface area (Å²) >= 11 is 1.14. The minimum atomic E-state index is -0.195. The Balaban J connectivity index is 2.08. The number of thioether (sulfide) groups is 1. The van der Waals surface area contributed by atoms with Gasteiger partial charge in [0, 0.05) is 29.2 Å². The van der Waals surface area contributed by atoms with Crippen LogP contribution < -0.4 is 0 Å². The fraction of sp³-hybridized carbons (Fsp3) is 0.235. The summed E-state index contributed by atoms with van der Waals surface area (Å²) in [5.74, 6) is 0.530. The van der Waals surface area contributed by atoms with Crippen molar-refractivity contribution in [2.45, 2.75) is 32.5 Å². The number of hydrogen-bond acceptors (Lipinski definition) is 5. The molecule has 0 unspecified atom stereocenters. The summed E-state index contributed by atoms with van der Waals surface area (Å²) < 4.78 is 1.94. The van der Waals surface area contributed by atoms with Crippen LogP contribution in [-0.4, -0.2) is 30.6 Å². The van der Waals surface area contributed by atoms with Gasteiger partial charge in [0.1, 0.15) is 5.76 Å². The fourth-order valence-electron chi connectivity index (χ4n) is 2.60. The first-order valence-corrected chi connectivity index (χ1v) is 8.42. The van der Waals surface area contributed by atoms with Crippen LogP contribution in [0.5, 0.6) is 0 Å². The highest BCUT2D eigenvalue weighted by molar-refractivity contribution is 8.03. The first-order valence-electron chi connectivity index (χ1n) is 7.61. The molecule has 0 fully saturated rings. The average Bonchev–Trinajstić information content (AvgIpc) is 3.14. The third-order valence-electron chi connectivity index (χ3n) is 3.70. The number of H-pyrrole nitrogens is 1. The van der Waals surface area contributed by atoms with Crippen molar-refractivity contribution in [2.75, 3.05) is 0 Å². The van der Waals surface area contributed by atoms with Crippen molar-refractivity contribution < 1.29 is 9.90 Å². The van der Waals surface area contributed by atoms with Gasteiger partial charge in [-0.2, -0.15) is 0 Å². The molecule has 0 amide bonds. The number of fused-ring (bicyclic) bond motifs is 1. The number of allylic oxidation sites excluding steroid dienone is 2. The number of aliphatic hydroxyl groups is 1. The molecule has 2 N–H and O–H groups in total. The van der Waals surface area contributed by atoms with Crippen molar-refractivity contribution in [3.05, 3.63) is 41.1 Å². The van der Waals surface area contributed by atoms with Crippen LogP contribution in [-0.2, 0) is 11.3 Å². The van der Waals surface area contributed by atoms with Gasteiger partial charge in [0.25, 0.3) is 0 Å². The molecule has 0 bridgehead atoms. The van der Waals surface area contributed by atoms with Gasteiger partial charge in [0.05, 0.1) is 4.91 Å². The molecule has 0 aliphatic carbocycles. The van der Waals surface area contributed by atoms with Crippen molar-refractivity contribution in [1.82, 2.24) is 19.7 Å². The van der Waals surface area contributed by atoms with E-state index in [4.69, 9.17) is 0 Å². The predicted molar refractivity (Wildman–Crippen MR) is 94.9 cm³/mol. The zero-order valence-electron chi connectivity index (χ0n) is 13.7. The second-order valence-corrected chi connectivity index (χ2v) is 6.35. The Bertz CT molecular complexity index is 935. The zero-order valence-corrected chi connectivity index (χ0v) is 14.5. The Morgan fingerprint density at radius 2 is 2.04 bits per heavy atom. The molecule has 0 radical (unpaired) electrons. The number of aromatic amines is 1. The van der Waals surface area contributed by atoms with E-state index in [1.54, 1.807) is 0 Å². The van der Waals surface area contributed by atoms with E-state index in [9.17, 15) is 9.90 Å². The van der Waals surface area contributed by atoms with E-state index in [1.165, 1.54) is 13.8 Å². The highest BCUT2D eigenvalue weighted by Gasteiger charge is 2.19. The Hall–Kier alpha value is -2.54. The molecule has 0 aliphatic rings. The van der Waals surface area contributed by atoms with Crippen LogP contribution >= 0.6 is 11.8 Å². The zero-order chi connectivity index (χ0) is 17.3. The highest BCUT2D eigenvalue weighted by atomic mass is 32.2. The topological polar surface area (TPSA) is 83.8 Å². The number of nitrogens with zero attached hydrogens (tertiary/aromatic N) is 3. The number of nitrogens with one attached hydrogen (secondary N) is 1. The summed E-state index contributed by atoms with van der Waals surface area (Å²) in [4.78, 5) is 15.2. The number of Topliss-reactive ketones (excluding diaryl/α,β-unsaturated/α-hetero) is 1. The molecule has 2 aromatic heterocycles. The molecule has 0 atom stereocenters. The van der Waals surface area contributed by atoms with Crippen LogP contribution in [0, 0.1) is 0 Å². The van der Waals surface area contributed by atoms with Gasteiger partial charge >= 0.3 is 0 Å². The third kappa shape index (κ3) is 2.82. The van der Waals surface area contributed by atoms with E-state index in [-0.39, 0.29) is 16.4 Å². The summed E-state index contributed by atoms with van der Waals surface area (Å²) in [7, 11) is 0. The number of hydrogen-bond donors (Lipinski definition) is 2. The van der Waals surface area contributed by atoms with Gasteiger partial charge in [-0.15, -0.1) is 10.2 Å². The lowest BCUT2D eigenvalue weighted by molar-refractivity contribution is -0.113. The van der Waals surface area contributed by atoms with Crippen LogP contribution in [0.3, 0.4) is 0 Å². The largest absolute Gasteiger partial charge is 0.511 e. The average molecular weight is 342 g/mol. The van der Waals surface area contributed by atoms with Gasteiger partial charge in [-0.3, -0.25) is 4.79 Å². The number of ketones is 1.